The summed E-state index contributed by atoms with van der Waals surface area (Å²) in [7, 11) is 1.75. The quantitative estimate of drug-likeness (QED) is 0.879. The SMILES string of the molecule is Cc1c(CNC(=O)NC(Cc2ccccc2)C(F)(F)F)cnn1C. The molecule has 130 valence electrons. The van der Waals surface area contributed by atoms with Gasteiger partial charge in [-0.3, -0.25) is 4.68 Å². The molecule has 24 heavy (non-hydrogen) atoms. The average molecular weight is 340 g/mol. The predicted molar refractivity (Wildman–Crippen MR) is 83.3 cm³/mol. The second-order valence-electron chi connectivity index (χ2n) is 5.49. The van der Waals surface area contributed by atoms with E-state index in [0.717, 1.165) is 11.3 Å². The molecule has 0 fully saturated rings. The first kappa shape index (κ1) is 17.8. The van der Waals surface area contributed by atoms with Crippen molar-refractivity contribution in [2.24, 2.45) is 7.05 Å². The fourth-order valence-electron chi connectivity index (χ4n) is 2.20. The minimum absolute atomic E-state index is 0.113. The van der Waals surface area contributed by atoms with Crippen molar-refractivity contribution in [1.82, 2.24) is 20.4 Å². The van der Waals surface area contributed by atoms with E-state index in [4.69, 9.17) is 0 Å². The predicted octanol–water partition coefficient (Wildman–Crippen LogP) is 2.70. The van der Waals surface area contributed by atoms with Gasteiger partial charge in [-0.25, -0.2) is 4.79 Å². The average Bonchev–Trinajstić information content (AvgIpc) is 2.84. The number of hydrogen-bond acceptors (Lipinski definition) is 2. The van der Waals surface area contributed by atoms with E-state index in [0.29, 0.717) is 5.56 Å². The summed E-state index contributed by atoms with van der Waals surface area (Å²) in [6, 6.07) is 5.42. The van der Waals surface area contributed by atoms with Crippen molar-refractivity contribution in [3.8, 4) is 0 Å². The summed E-state index contributed by atoms with van der Waals surface area (Å²) in [5.41, 5.74) is 2.09. The van der Waals surface area contributed by atoms with Crippen LogP contribution >= 0.6 is 0 Å². The van der Waals surface area contributed by atoms with Crippen LogP contribution in [0.4, 0.5) is 18.0 Å². The molecule has 2 N–H and O–H groups in total. The maximum Gasteiger partial charge on any atom is 0.408 e. The largest absolute Gasteiger partial charge is 0.408 e. The summed E-state index contributed by atoms with van der Waals surface area (Å²) in [6.07, 6.45) is -3.28. The van der Waals surface area contributed by atoms with Crippen molar-refractivity contribution in [3.05, 3.63) is 53.3 Å². The van der Waals surface area contributed by atoms with Crippen LogP contribution in [0.2, 0.25) is 0 Å². The van der Waals surface area contributed by atoms with Crippen LogP contribution in [-0.4, -0.2) is 28.0 Å². The molecule has 0 radical (unpaired) electrons. The minimum Gasteiger partial charge on any atom is -0.334 e. The summed E-state index contributed by atoms with van der Waals surface area (Å²) in [6.45, 7) is 1.93. The third kappa shape index (κ3) is 4.74. The molecule has 0 aliphatic carbocycles. The molecule has 1 atom stereocenters. The van der Waals surface area contributed by atoms with E-state index in [1.807, 2.05) is 12.2 Å². The maximum atomic E-state index is 13.1. The van der Waals surface area contributed by atoms with E-state index in [9.17, 15) is 18.0 Å². The Morgan fingerprint density at radius 3 is 2.50 bits per heavy atom. The van der Waals surface area contributed by atoms with Gasteiger partial charge in [0, 0.05) is 31.3 Å². The molecule has 2 aromatic rings. The van der Waals surface area contributed by atoms with Crippen LogP contribution in [0, 0.1) is 6.92 Å². The number of aromatic nitrogens is 2. The van der Waals surface area contributed by atoms with Gasteiger partial charge in [0.25, 0.3) is 0 Å². The van der Waals surface area contributed by atoms with Crippen molar-refractivity contribution in [3.63, 3.8) is 0 Å². The number of alkyl halides is 3. The van der Waals surface area contributed by atoms with Gasteiger partial charge in [-0.15, -0.1) is 0 Å². The normalized spacial score (nSPS) is 12.7. The number of aryl methyl sites for hydroxylation is 1. The highest BCUT2D eigenvalue weighted by Gasteiger charge is 2.40. The second kappa shape index (κ2) is 7.37. The maximum absolute atomic E-state index is 13.1. The van der Waals surface area contributed by atoms with E-state index in [2.05, 4.69) is 10.4 Å². The van der Waals surface area contributed by atoms with E-state index in [-0.39, 0.29) is 13.0 Å². The number of halogens is 3. The molecule has 2 amide bonds. The van der Waals surface area contributed by atoms with Gasteiger partial charge in [0.1, 0.15) is 6.04 Å². The van der Waals surface area contributed by atoms with Crippen LogP contribution < -0.4 is 10.6 Å². The van der Waals surface area contributed by atoms with Crippen LogP contribution in [0.25, 0.3) is 0 Å². The number of hydrogen-bond donors (Lipinski definition) is 2. The first-order chi connectivity index (χ1) is 11.3. The summed E-state index contributed by atoms with van der Waals surface area (Å²) < 4.78 is 41.1. The summed E-state index contributed by atoms with van der Waals surface area (Å²) in [5.74, 6) is 0. The van der Waals surface area contributed by atoms with E-state index < -0.39 is 18.2 Å². The van der Waals surface area contributed by atoms with E-state index >= 15 is 0 Å². The molecule has 0 saturated heterocycles. The Hall–Kier alpha value is -2.51. The lowest BCUT2D eigenvalue weighted by atomic mass is 10.1. The van der Waals surface area contributed by atoms with Gasteiger partial charge in [-0.05, 0) is 12.5 Å². The molecule has 8 heteroatoms. The summed E-state index contributed by atoms with van der Waals surface area (Å²) in [4.78, 5) is 11.8. The lowest BCUT2D eigenvalue weighted by molar-refractivity contribution is -0.152. The summed E-state index contributed by atoms with van der Waals surface area (Å²) >= 11 is 0. The lowest BCUT2D eigenvalue weighted by Crippen LogP contribution is -2.50. The zero-order valence-corrected chi connectivity index (χ0v) is 13.4. The van der Waals surface area contributed by atoms with Gasteiger partial charge >= 0.3 is 12.2 Å². The molecule has 1 heterocycles. The molecule has 2 rings (SSSR count). The third-order valence-electron chi connectivity index (χ3n) is 3.76. The van der Waals surface area contributed by atoms with E-state index in [1.165, 1.54) is 0 Å². The number of amides is 2. The van der Waals surface area contributed by atoms with Gasteiger partial charge in [0.15, 0.2) is 0 Å². The molecular weight excluding hydrogens is 321 g/mol. The molecule has 0 aliphatic rings. The Kier molecular flexibility index (Phi) is 5.48. The number of nitrogens with one attached hydrogen (secondary N) is 2. The molecule has 0 spiro atoms. The van der Waals surface area contributed by atoms with Crippen molar-refractivity contribution in [2.45, 2.75) is 32.1 Å². The van der Waals surface area contributed by atoms with Crippen LogP contribution in [0.15, 0.2) is 36.5 Å². The van der Waals surface area contributed by atoms with Crippen molar-refractivity contribution in [2.75, 3.05) is 0 Å². The number of urea groups is 1. The molecule has 1 aromatic carbocycles. The number of nitrogens with zero attached hydrogens (tertiary/aromatic N) is 2. The highest BCUT2D eigenvalue weighted by molar-refractivity contribution is 5.74. The minimum atomic E-state index is -4.53. The Morgan fingerprint density at radius 2 is 1.96 bits per heavy atom. The van der Waals surface area contributed by atoms with Gasteiger partial charge in [-0.2, -0.15) is 18.3 Å². The zero-order chi connectivity index (χ0) is 17.7. The third-order valence-corrected chi connectivity index (χ3v) is 3.76. The number of carbonyl (C=O) groups excluding carboxylic acids is 1. The standard InChI is InChI=1S/C16H19F3N4O/c1-11-13(10-21-23(11)2)9-20-15(24)22-14(16(17,18)19)8-12-6-4-3-5-7-12/h3-7,10,14H,8-9H2,1-2H3,(H2,20,22,24). The van der Waals surface area contributed by atoms with Crippen LogP contribution in [0.5, 0.6) is 0 Å². The van der Waals surface area contributed by atoms with Gasteiger partial charge < -0.3 is 10.6 Å². The fourth-order valence-corrected chi connectivity index (χ4v) is 2.20. The first-order valence-corrected chi connectivity index (χ1v) is 7.40. The molecule has 0 saturated carbocycles. The molecule has 0 bridgehead atoms. The first-order valence-electron chi connectivity index (χ1n) is 7.40. The van der Waals surface area contributed by atoms with E-state index in [1.54, 1.807) is 48.3 Å². The summed E-state index contributed by atoms with van der Waals surface area (Å²) in [5, 5.41) is 8.45. The molecule has 5 nitrogen and oxygen atoms in total. The second-order valence-corrected chi connectivity index (χ2v) is 5.49. The molecule has 1 aromatic heterocycles. The molecule has 0 aliphatic heterocycles. The number of rotatable bonds is 5. The molecule has 1 unspecified atom stereocenters. The highest BCUT2D eigenvalue weighted by atomic mass is 19.4. The monoisotopic (exact) mass is 340 g/mol. The van der Waals surface area contributed by atoms with Gasteiger partial charge in [0.2, 0.25) is 0 Å². The Labute approximate surface area is 137 Å². The fraction of sp³-hybridized carbons (Fsp3) is 0.375. The Bertz CT molecular complexity index is 682. The Morgan fingerprint density at radius 1 is 1.29 bits per heavy atom. The topological polar surface area (TPSA) is 59.0 Å². The van der Waals surface area contributed by atoms with Crippen molar-refractivity contribution < 1.29 is 18.0 Å². The van der Waals surface area contributed by atoms with Gasteiger partial charge in [0.05, 0.1) is 6.20 Å². The molecular formula is C16H19F3N4O. The highest BCUT2D eigenvalue weighted by Crippen LogP contribution is 2.23. The van der Waals surface area contributed by atoms with Crippen LogP contribution in [-0.2, 0) is 20.0 Å². The van der Waals surface area contributed by atoms with Crippen molar-refractivity contribution >= 4 is 6.03 Å². The smallest absolute Gasteiger partial charge is 0.334 e. The van der Waals surface area contributed by atoms with Crippen LogP contribution in [0.3, 0.4) is 0 Å². The number of carbonyl (C=O) groups is 1. The number of benzene rings is 1. The van der Waals surface area contributed by atoms with Gasteiger partial charge in [-0.1, -0.05) is 30.3 Å². The zero-order valence-electron chi connectivity index (χ0n) is 13.4. The lowest BCUT2D eigenvalue weighted by Gasteiger charge is -2.22. The van der Waals surface area contributed by atoms with Crippen LogP contribution in [0.1, 0.15) is 16.8 Å². The van der Waals surface area contributed by atoms with Crippen molar-refractivity contribution in [1.29, 1.82) is 0 Å². The Balaban J connectivity index is 1.96.